The van der Waals surface area contributed by atoms with Crippen LogP contribution in [-0.2, 0) is 22.4 Å². The Morgan fingerprint density at radius 2 is 2.09 bits per heavy atom. The smallest absolute Gasteiger partial charge is 0.243 e. The fraction of sp³-hybridized carbons (Fsp3) is 0.333. The van der Waals surface area contributed by atoms with Gasteiger partial charge in [0, 0.05) is 31.5 Å². The number of furan rings is 1. The van der Waals surface area contributed by atoms with Gasteiger partial charge in [0.25, 0.3) is 0 Å². The van der Waals surface area contributed by atoms with Crippen molar-refractivity contribution in [1.29, 1.82) is 0 Å². The van der Waals surface area contributed by atoms with E-state index in [0.29, 0.717) is 25.8 Å². The van der Waals surface area contributed by atoms with E-state index in [2.05, 4.69) is 5.32 Å². The molecule has 2 aromatic rings. The molecule has 23 heavy (non-hydrogen) atoms. The van der Waals surface area contributed by atoms with Crippen molar-refractivity contribution < 1.29 is 14.0 Å². The Morgan fingerprint density at radius 3 is 2.83 bits per heavy atom. The Morgan fingerprint density at radius 1 is 1.26 bits per heavy atom. The Hall–Kier alpha value is -2.56. The Kier molecular flexibility index (Phi) is 4.46. The molecule has 0 spiro atoms. The number of nitrogens with one attached hydrogen (secondary N) is 1. The summed E-state index contributed by atoms with van der Waals surface area (Å²) in [6, 6.07) is 10.9. The molecule has 1 atom stereocenters. The molecule has 0 unspecified atom stereocenters. The lowest BCUT2D eigenvalue weighted by Crippen LogP contribution is -2.48. The van der Waals surface area contributed by atoms with Gasteiger partial charge < -0.3 is 9.73 Å². The average Bonchev–Trinajstić information content (AvgIpc) is 3.21. The lowest BCUT2D eigenvalue weighted by molar-refractivity contribution is -0.126. The van der Waals surface area contributed by atoms with Crippen LogP contribution in [0.1, 0.15) is 24.7 Å². The predicted octanol–water partition coefficient (Wildman–Crippen LogP) is 2.31. The summed E-state index contributed by atoms with van der Waals surface area (Å²) < 4.78 is 5.25. The maximum absolute atomic E-state index is 12.5. The summed E-state index contributed by atoms with van der Waals surface area (Å²) in [6.07, 6.45) is 3.20. The Labute approximate surface area is 135 Å². The van der Waals surface area contributed by atoms with Gasteiger partial charge in [0.1, 0.15) is 11.8 Å². The molecule has 0 saturated carbocycles. The number of benzene rings is 1. The van der Waals surface area contributed by atoms with Gasteiger partial charge in [0.2, 0.25) is 11.8 Å². The van der Waals surface area contributed by atoms with Crippen LogP contribution in [0.25, 0.3) is 0 Å². The van der Waals surface area contributed by atoms with Crippen molar-refractivity contribution in [3.63, 3.8) is 0 Å². The quantitative estimate of drug-likeness (QED) is 0.921. The summed E-state index contributed by atoms with van der Waals surface area (Å²) in [7, 11) is 0. The van der Waals surface area contributed by atoms with Crippen LogP contribution in [-0.4, -0.2) is 24.4 Å². The van der Waals surface area contributed by atoms with Crippen molar-refractivity contribution in [2.75, 3.05) is 11.4 Å². The molecule has 0 fully saturated rings. The van der Waals surface area contributed by atoms with E-state index in [9.17, 15) is 9.59 Å². The second kappa shape index (κ2) is 6.69. The molecular formula is C18H20N2O3. The minimum absolute atomic E-state index is 0.0267. The molecular weight excluding hydrogens is 292 g/mol. The summed E-state index contributed by atoms with van der Waals surface area (Å²) in [5, 5.41) is 2.91. The van der Waals surface area contributed by atoms with E-state index in [-0.39, 0.29) is 11.8 Å². The Balaban J connectivity index is 1.68. The lowest BCUT2D eigenvalue weighted by atomic mass is 10.1. The first-order valence-corrected chi connectivity index (χ1v) is 7.90. The molecule has 0 radical (unpaired) electrons. The molecule has 1 aliphatic rings. The largest absolute Gasteiger partial charge is 0.469 e. The highest BCUT2D eigenvalue weighted by molar-refractivity contribution is 6.03. The second-order valence-electron chi connectivity index (χ2n) is 5.59. The number of nitrogens with zero attached hydrogens (tertiary/aromatic N) is 1. The third kappa shape index (κ3) is 3.13. The summed E-state index contributed by atoms with van der Waals surface area (Å²) in [4.78, 5) is 26.5. The third-order valence-corrected chi connectivity index (χ3v) is 4.10. The van der Waals surface area contributed by atoms with Crippen LogP contribution in [0, 0.1) is 0 Å². The molecule has 3 rings (SSSR count). The molecule has 1 aliphatic heterocycles. The number of fused-ring (bicyclic) bond motifs is 1. The summed E-state index contributed by atoms with van der Waals surface area (Å²) in [5.74, 6) is 0.692. The van der Waals surface area contributed by atoms with E-state index in [1.807, 2.05) is 43.3 Å². The van der Waals surface area contributed by atoms with Crippen molar-refractivity contribution in [3.05, 3.63) is 54.0 Å². The molecule has 2 heterocycles. The average molecular weight is 312 g/mol. The number of rotatable bonds is 5. The van der Waals surface area contributed by atoms with E-state index in [1.54, 1.807) is 11.2 Å². The first-order valence-electron chi connectivity index (χ1n) is 7.90. The summed E-state index contributed by atoms with van der Waals surface area (Å²) in [5.41, 5.74) is 1.89. The minimum Gasteiger partial charge on any atom is -0.469 e. The number of anilines is 1. The molecule has 2 amide bonds. The zero-order chi connectivity index (χ0) is 16.2. The van der Waals surface area contributed by atoms with Gasteiger partial charge >= 0.3 is 0 Å². The van der Waals surface area contributed by atoms with Crippen molar-refractivity contribution >= 4 is 17.5 Å². The molecule has 0 aliphatic carbocycles. The van der Waals surface area contributed by atoms with Gasteiger partial charge in [0.15, 0.2) is 0 Å². The zero-order valence-corrected chi connectivity index (χ0v) is 13.1. The topological polar surface area (TPSA) is 62.6 Å². The van der Waals surface area contributed by atoms with Crippen LogP contribution >= 0.6 is 0 Å². The highest BCUT2D eigenvalue weighted by Crippen LogP contribution is 2.32. The maximum Gasteiger partial charge on any atom is 0.243 e. The van der Waals surface area contributed by atoms with Gasteiger partial charge in [0.05, 0.1) is 6.26 Å². The van der Waals surface area contributed by atoms with Crippen LogP contribution in [0.4, 0.5) is 5.69 Å². The first-order chi connectivity index (χ1) is 11.2. The molecule has 5 heteroatoms. The van der Waals surface area contributed by atoms with Crippen molar-refractivity contribution in [1.82, 2.24) is 5.32 Å². The monoisotopic (exact) mass is 312 g/mol. The first kappa shape index (κ1) is 15.3. The number of amides is 2. The van der Waals surface area contributed by atoms with E-state index in [4.69, 9.17) is 4.42 Å². The van der Waals surface area contributed by atoms with Gasteiger partial charge in [-0.3, -0.25) is 14.5 Å². The zero-order valence-electron chi connectivity index (χ0n) is 13.1. The molecule has 0 saturated heterocycles. The second-order valence-corrected chi connectivity index (χ2v) is 5.59. The third-order valence-electron chi connectivity index (χ3n) is 4.10. The van der Waals surface area contributed by atoms with E-state index in [0.717, 1.165) is 17.0 Å². The fourth-order valence-electron chi connectivity index (χ4n) is 2.96. The molecule has 0 bridgehead atoms. The normalized spacial score (nSPS) is 16.2. The number of hydrogen-bond donors (Lipinski definition) is 1. The van der Waals surface area contributed by atoms with Crippen LogP contribution in [0.2, 0.25) is 0 Å². The van der Waals surface area contributed by atoms with Crippen LogP contribution in [0.3, 0.4) is 0 Å². The van der Waals surface area contributed by atoms with Crippen molar-refractivity contribution in [2.45, 2.75) is 32.2 Å². The van der Waals surface area contributed by atoms with Gasteiger partial charge in [-0.25, -0.2) is 0 Å². The number of carbonyl (C=O) groups is 2. The summed E-state index contributed by atoms with van der Waals surface area (Å²) >= 11 is 0. The Bertz CT molecular complexity index is 694. The molecule has 120 valence electrons. The molecule has 1 N–H and O–H groups in total. The van der Waals surface area contributed by atoms with Crippen LogP contribution < -0.4 is 10.2 Å². The van der Waals surface area contributed by atoms with Crippen molar-refractivity contribution in [3.8, 4) is 0 Å². The van der Waals surface area contributed by atoms with Gasteiger partial charge in [-0.05, 0) is 23.8 Å². The van der Waals surface area contributed by atoms with Gasteiger partial charge in [-0.2, -0.15) is 0 Å². The molecule has 1 aromatic heterocycles. The van der Waals surface area contributed by atoms with Gasteiger partial charge in [-0.15, -0.1) is 0 Å². The SMILES string of the molecule is CCC(=O)N1c2ccccc2C[C@H]1C(=O)NCCc1ccco1. The molecule has 1 aromatic carbocycles. The van der Waals surface area contributed by atoms with Crippen LogP contribution in [0.15, 0.2) is 47.1 Å². The standard InChI is InChI=1S/C18H20N2O3/c1-2-17(21)20-15-8-4-3-6-13(15)12-16(20)18(22)19-10-9-14-7-5-11-23-14/h3-8,11,16H,2,9-10,12H2,1H3,(H,19,22)/t16-/m0/s1. The number of carbonyl (C=O) groups excluding carboxylic acids is 2. The lowest BCUT2D eigenvalue weighted by Gasteiger charge is -2.24. The van der Waals surface area contributed by atoms with Gasteiger partial charge in [-0.1, -0.05) is 25.1 Å². The fourth-order valence-corrected chi connectivity index (χ4v) is 2.96. The highest BCUT2D eigenvalue weighted by Gasteiger charge is 2.37. The predicted molar refractivity (Wildman–Crippen MR) is 87.1 cm³/mol. The maximum atomic E-state index is 12.5. The van der Waals surface area contributed by atoms with E-state index >= 15 is 0 Å². The van der Waals surface area contributed by atoms with E-state index < -0.39 is 6.04 Å². The van der Waals surface area contributed by atoms with Crippen molar-refractivity contribution in [2.24, 2.45) is 0 Å². The van der Waals surface area contributed by atoms with E-state index in [1.165, 1.54) is 0 Å². The number of hydrogen-bond acceptors (Lipinski definition) is 3. The van der Waals surface area contributed by atoms with Crippen LogP contribution in [0.5, 0.6) is 0 Å². The number of para-hydroxylation sites is 1. The highest BCUT2D eigenvalue weighted by atomic mass is 16.3. The minimum atomic E-state index is -0.462. The molecule has 5 nitrogen and oxygen atoms in total. The summed E-state index contributed by atoms with van der Waals surface area (Å²) in [6.45, 7) is 2.31.